The lowest BCUT2D eigenvalue weighted by Crippen LogP contribution is -2.46. The minimum Gasteiger partial charge on any atom is -0.383 e. The van der Waals surface area contributed by atoms with Gasteiger partial charge in [-0.1, -0.05) is 6.92 Å². The van der Waals surface area contributed by atoms with Crippen LogP contribution in [0, 0.1) is 0 Å². The molecular weight excluding hydrogens is 415 g/mol. The third-order valence-corrected chi connectivity index (χ3v) is 4.63. The second-order valence-electron chi connectivity index (χ2n) is 5.00. The second kappa shape index (κ2) is 13.2. The summed E-state index contributed by atoms with van der Waals surface area (Å²) in [4.78, 5) is 15.8. The van der Waals surface area contributed by atoms with Gasteiger partial charge >= 0.3 is 0 Å². The number of aliphatic imine (C=N–C) groups is 1. The Hall–Kier alpha value is -0.220. The minimum atomic E-state index is -0.0548. The number of methoxy groups -OCH3 is 1. The molecule has 3 N–H and O–H groups in total. The Morgan fingerprint density at radius 3 is 2.77 bits per heavy atom. The van der Waals surface area contributed by atoms with E-state index < -0.39 is 0 Å². The maximum atomic E-state index is 11.6. The summed E-state index contributed by atoms with van der Waals surface area (Å²) < 4.78 is 4.88. The van der Waals surface area contributed by atoms with E-state index in [1.165, 1.54) is 25.0 Å². The fraction of sp³-hybridized carbons (Fsp3) is 0.857. The number of nitrogens with zero attached hydrogens (tertiary/aromatic N) is 1. The van der Waals surface area contributed by atoms with Crippen LogP contribution < -0.4 is 16.0 Å². The lowest BCUT2D eigenvalue weighted by atomic mass is 10.2. The molecule has 1 aliphatic rings. The average Bonchev–Trinajstić information content (AvgIpc) is 2.91. The van der Waals surface area contributed by atoms with Crippen LogP contribution in [0.2, 0.25) is 0 Å². The van der Waals surface area contributed by atoms with Crippen molar-refractivity contribution >= 4 is 47.6 Å². The fourth-order valence-corrected chi connectivity index (χ4v) is 3.51. The van der Waals surface area contributed by atoms with E-state index in [1.807, 2.05) is 11.8 Å². The Kier molecular flexibility index (Phi) is 13.1. The maximum Gasteiger partial charge on any atom is 0.239 e. The summed E-state index contributed by atoms with van der Waals surface area (Å²) in [7, 11) is 3.34. The van der Waals surface area contributed by atoms with Gasteiger partial charge in [0.15, 0.2) is 5.96 Å². The van der Waals surface area contributed by atoms with Gasteiger partial charge in [-0.25, -0.2) is 0 Å². The quantitative estimate of drug-likeness (QED) is 0.227. The van der Waals surface area contributed by atoms with Crippen LogP contribution in [0.4, 0.5) is 0 Å². The molecule has 0 heterocycles. The number of carbonyl (C=O) groups excluding carboxylic acids is 1. The standard InChI is InChI=1S/C14H28N4O2S.HI/c1-4-21-12-6-5-11(9-12)18-14(15-2)17-10-13(19)16-7-8-20-3;/h11-12H,4-10H2,1-3H3,(H,16,19)(H2,15,17,18);1H. The number of rotatable bonds is 8. The highest BCUT2D eigenvalue weighted by Gasteiger charge is 2.25. The largest absolute Gasteiger partial charge is 0.383 e. The van der Waals surface area contributed by atoms with Crippen molar-refractivity contribution in [3.8, 4) is 0 Å². The monoisotopic (exact) mass is 444 g/mol. The summed E-state index contributed by atoms with van der Waals surface area (Å²) in [6.07, 6.45) is 3.59. The van der Waals surface area contributed by atoms with Crippen molar-refractivity contribution in [2.45, 2.75) is 37.5 Å². The highest BCUT2D eigenvalue weighted by Crippen LogP contribution is 2.29. The van der Waals surface area contributed by atoms with Gasteiger partial charge in [0.05, 0.1) is 13.2 Å². The topological polar surface area (TPSA) is 74.8 Å². The van der Waals surface area contributed by atoms with Crippen molar-refractivity contribution in [1.82, 2.24) is 16.0 Å². The van der Waals surface area contributed by atoms with E-state index in [0.717, 1.165) is 5.25 Å². The number of ether oxygens (including phenoxy) is 1. The Morgan fingerprint density at radius 1 is 1.36 bits per heavy atom. The van der Waals surface area contributed by atoms with E-state index in [1.54, 1.807) is 14.2 Å². The second-order valence-corrected chi connectivity index (χ2v) is 6.58. The molecule has 1 rings (SSSR count). The molecule has 0 spiro atoms. The van der Waals surface area contributed by atoms with Crippen LogP contribution in [-0.4, -0.2) is 62.8 Å². The molecule has 0 radical (unpaired) electrons. The van der Waals surface area contributed by atoms with Crippen molar-refractivity contribution in [2.24, 2.45) is 4.99 Å². The first-order chi connectivity index (χ1) is 10.2. The zero-order valence-electron chi connectivity index (χ0n) is 13.7. The molecule has 130 valence electrons. The Labute approximate surface area is 155 Å². The Morgan fingerprint density at radius 2 is 2.14 bits per heavy atom. The Bertz CT molecular complexity index is 345. The van der Waals surface area contributed by atoms with Crippen LogP contribution in [0.5, 0.6) is 0 Å². The number of guanidine groups is 1. The third-order valence-electron chi connectivity index (χ3n) is 3.40. The maximum absolute atomic E-state index is 11.6. The van der Waals surface area contributed by atoms with Gasteiger partial charge in [-0.05, 0) is 25.0 Å². The van der Waals surface area contributed by atoms with Crippen molar-refractivity contribution < 1.29 is 9.53 Å². The van der Waals surface area contributed by atoms with Gasteiger partial charge in [-0.15, -0.1) is 24.0 Å². The zero-order valence-corrected chi connectivity index (χ0v) is 16.8. The van der Waals surface area contributed by atoms with Gasteiger partial charge in [0, 0.05) is 32.0 Å². The molecule has 6 nitrogen and oxygen atoms in total. The van der Waals surface area contributed by atoms with Crippen LogP contribution in [-0.2, 0) is 9.53 Å². The highest BCUT2D eigenvalue weighted by molar-refractivity contribution is 14.0. The van der Waals surface area contributed by atoms with Crippen molar-refractivity contribution in [1.29, 1.82) is 0 Å². The number of amides is 1. The van der Waals surface area contributed by atoms with Crippen molar-refractivity contribution in [3.05, 3.63) is 0 Å². The Balaban J connectivity index is 0.00000441. The average molecular weight is 444 g/mol. The van der Waals surface area contributed by atoms with Gasteiger partial charge < -0.3 is 20.7 Å². The van der Waals surface area contributed by atoms with Crippen LogP contribution in [0.3, 0.4) is 0 Å². The van der Waals surface area contributed by atoms with Crippen LogP contribution in [0.15, 0.2) is 4.99 Å². The zero-order chi connectivity index (χ0) is 15.5. The molecule has 0 bridgehead atoms. The number of halogens is 1. The van der Waals surface area contributed by atoms with Gasteiger partial charge in [0.25, 0.3) is 0 Å². The SMILES string of the molecule is CCSC1CCC(NC(=NC)NCC(=O)NCCOC)C1.I. The molecule has 0 aromatic rings. The molecule has 2 atom stereocenters. The van der Waals surface area contributed by atoms with E-state index in [-0.39, 0.29) is 36.4 Å². The number of thioether (sulfide) groups is 1. The smallest absolute Gasteiger partial charge is 0.239 e. The first-order valence-corrected chi connectivity index (χ1v) is 8.58. The molecule has 8 heteroatoms. The molecule has 1 saturated carbocycles. The lowest BCUT2D eigenvalue weighted by Gasteiger charge is -2.17. The molecule has 0 aliphatic heterocycles. The number of hydrogen-bond acceptors (Lipinski definition) is 4. The van der Waals surface area contributed by atoms with Gasteiger partial charge in [-0.3, -0.25) is 9.79 Å². The molecule has 2 unspecified atom stereocenters. The highest BCUT2D eigenvalue weighted by atomic mass is 127. The molecule has 0 aromatic heterocycles. The first kappa shape index (κ1) is 21.8. The van der Waals surface area contributed by atoms with Gasteiger partial charge in [0.2, 0.25) is 5.91 Å². The molecule has 1 aliphatic carbocycles. The van der Waals surface area contributed by atoms with E-state index >= 15 is 0 Å². The van der Waals surface area contributed by atoms with Crippen LogP contribution in [0.1, 0.15) is 26.2 Å². The van der Waals surface area contributed by atoms with Crippen molar-refractivity contribution in [2.75, 3.05) is 39.6 Å². The normalized spacial score (nSPS) is 21.1. The minimum absolute atomic E-state index is 0. The third kappa shape index (κ3) is 9.04. The summed E-state index contributed by atoms with van der Waals surface area (Å²) in [5, 5.41) is 9.97. The lowest BCUT2D eigenvalue weighted by molar-refractivity contribution is -0.120. The van der Waals surface area contributed by atoms with Gasteiger partial charge in [-0.2, -0.15) is 11.8 Å². The number of nitrogens with one attached hydrogen (secondary N) is 3. The molecular formula is C14H29IN4O2S. The molecule has 0 aromatic carbocycles. The van der Waals surface area contributed by atoms with Crippen LogP contribution in [0.25, 0.3) is 0 Å². The molecule has 22 heavy (non-hydrogen) atoms. The van der Waals surface area contributed by atoms with Crippen LogP contribution >= 0.6 is 35.7 Å². The fourth-order valence-electron chi connectivity index (χ4n) is 2.37. The summed E-state index contributed by atoms with van der Waals surface area (Å²) in [6.45, 7) is 3.48. The number of carbonyl (C=O) groups is 1. The van der Waals surface area contributed by atoms with E-state index in [0.29, 0.717) is 25.2 Å². The summed E-state index contributed by atoms with van der Waals surface area (Å²) >= 11 is 2.03. The predicted molar refractivity (Wildman–Crippen MR) is 104 cm³/mol. The first-order valence-electron chi connectivity index (χ1n) is 7.54. The van der Waals surface area contributed by atoms with Crippen molar-refractivity contribution in [3.63, 3.8) is 0 Å². The molecule has 1 amide bonds. The summed E-state index contributed by atoms with van der Waals surface area (Å²) in [5.74, 6) is 1.82. The van der Waals surface area contributed by atoms with E-state index in [9.17, 15) is 4.79 Å². The van der Waals surface area contributed by atoms with E-state index in [4.69, 9.17) is 4.74 Å². The summed E-state index contributed by atoms with van der Waals surface area (Å²) in [5.41, 5.74) is 0. The molecule has 0 saturated heterocycles. The summed E-state index contributed by atoms with van der Waals surface area (Å²) in [6, 6.07) is 0.455. The van der Waals surface area contributed by atoms with Gasteiger partial charge in [0.1, 0.15) is 0 Å². The van der Waals surface area contributed by atoms with E-state index in [2.05, 4.69) is 27.9 Å². The predicted octanol–water partition coefficient (Wildman–Crippen LogP) is 1.21. The molecule has 1 fully saturated rings. The number of hydrogen-bond donors (Lipinski definition) is 3.